The van der Waals surface area contributed by atoms with Crippen molar-refractivity contribution in [3.63, 3.8) is 0 Å². The van der Waals surface area contributed by atoms with E-state index < -0.39 is 0 Å². The number of hydrogen-bond donors (Lipinski definition) is 2. The van der Waals surface area contributed by atoms with Gasteiger partial charge < -0.3 is 15.4 Å². The largest absolute Gasteiger partial charge is 0.382 e. The smallest absolute Gasteiger partial charge is 0.287 e. The van der Waals surface area contributed by atoms with Crippen molar-refractivity contribution in [2.45, 2.75) is 43.5 Å². The number of carbonyl (C=O) groups excluding carboxylic acids is 1. The van der Waals surface area contributed by atoms with Gasteiger partial charge in [0.15, 0.2) is 0 Å². The highest BCUT2D eigenvalue weighted by molar-refractivity contribution is 7.97. The van der Waals surface area contributed by atoms with Crippen molar-refractivity contribution >= 4 is 40.8 Å². The summed E-state index contributed by atoms with van der Waals surface area (Å²) in [6.07, 6.45) is 5.51. The van der Waals surface area contributed by atoms with Crippen LogP contribution in [0.5, 0.6) is 0 Å². The van der Waals surface area contributed by atoms with Gasteiger partial charge in [0.25, 0.3) is 5.56 Å². The van der Waals surface area contributed by atoms with E-state index in [1.165, 1.54) is 6.92 Å². The lowest BCUT2D eigenvalue weighted by Crippen LogP contribution is -2.36. The number of nitrogens with zero attached hydrogens (tertiary/aromatic N) is 3. The molecule has 0 aliphatic carbocycles. The van der Waals surface area contributed by atoms with Crippen molar-refractivity contribution < 1.29 is 9.53 Å². The summed E-state index contributed by atoms with van der Waals surface area (Å²) in [6, 6.07) is 7.84. The number of rotatable bonds is 7. The van der Waals surface area contributed by atoms with Crippen LogP contribution in [0.3, 0.4) is 0 Å². The molecule has 10 heteroatoms. The maximum atomic E-state index is 12.9. The normalized spacial score (nSPS) is 19.9. The second-order valence-corrected chi connectivity index (χ2v) is 10.1. The predicted molar refractivity (Wildman–Crippen MR) is 132 cm³/mol. The van der Waals surface area contributed by atoms with E-state index in [0.717, 1.165) is 69.1 Å². The first-order valence-corrected chi connectivity index (χ1v) is 12.5. The van der Waals surface area contributed by atoms with Gasteiger partial charge in [-0.1, -0.05) is 11.6 Å². The number of nitrogens with one attached hydrogen (secondary N) is 2. The van der Waals surface area contributed by atoms with E-state index in [4.69, 9.17) is 16.3 Å². The lowest BCUT2D eigenvalue weighted by Gasteiger charge is -2.31. The number of hydrogen-bond acceptors (Lipinski definition) is 7. The number of piperidine rings is 1. The number of halogens is 1. The van der Waals surface area contributed by atoms with Gasteiger partial charge in [-0.15, -0.1) is 0 Å². The van der Waals surface area contributed by atoms with Crippen LogP contribution in [-0.2, 0) is 9.53 Å². The average molecular weight is 492 g/mol. The van der Waals surface area contributed by atoms with Gasteiger partial charge in [-0.05, 0) is 67.8 Å². The Morgan fingerprint density at radius 2 is 2.00 bits per heavy atom. The number of ether oxygens (including phenoxy) is 1. The van der Waals surface area contributed by atoms with E-state index in [1.54, 1.807) is 22.8 Å². The minimum absolute atomic E-state index is 0.0368. The van der Waals surface area contributed by atoms with E-state index in [9.17, 15) is 9.59 Å². The minimum atomic E-state index is -0.235. The van der Waals surface area contributed by atoms with E-state index in [-0.39, 0.29) is 22.5 Å². The molecule has 2 aliphatic rings. The molecule has 8 nitrogen and oxygen atoms in total. The maximum absolute atomic E-state index is 12.9. The van der Waals surface area contributed by atoms with Gasteiger partial charge in [0.05, 0.1) is 24.5 Å². The molecule has 2 N–H and O–H groups in total. The Labute approximate surface area is 203 Å². The molecule has 1 aromatic carbocycles. The van der Waals surface area contributed by atoms with Crippen LogP contribution in [0, 0.1) is 5.92 Å². The summed E-state index contributed by atoms with van der Waals surface area (Å²) in [5.41, 5.74) is 1.15. The van der Waals surface area contributed by atoms with Gasteiger partial charge in [0.1, 0.15) is 5.02 Å². The zero-order valence-corrected chi connectivity index (χ0v) is 20.3. The molecule has 4 rings (SSSR count). The summed E-state index contributed by atoms with van der Waals surface area (Å²) in [4.78, 5) is 25.1. The third kappa shape index (κ3) is 6.50. The highest BCUT2D eigenvalue weighted by atomic mass is 35.5. The van der Waals surface area contributed by atoms with Crippen molar-refractivity contribution in [1.82, 2.24) is 14.1 Å². The van der Waals surface area contributed by atoms with Crippen molar-refractivity contribution in [2.24, 2.45) is 5.92 Å². The molecule has 2 aromatic rings. The molecule has 1 amide bonds. The molecule has 2 saturated heterocycles. The van der Waals surface area contributed by atoms with Crippen molar-refractivity contribution in [3.8, 4) is 0 Å². The van der Waals surface area contributed by atoms with E-state index >= 15 is 0 Å². The molecule has 178 valence electrons. The molecule has 1 unspecified atom stereocenters. The standard InChI is InChI=1S/C23H30ClN5O3S/c1-16(30)27-18-4-6-20(7-5-18)33-28-10-8-19(9-11-28)29-23(31)22(24)21(14-26-29)25-13-17-3-2-12-32-15-17/h4-7,14,17,19,25H,2-3,8-13,15H2,1H3,(H,27,30). The Balaban J connectivity index is 1.30. The van der Waals surface area contributed by atoms with Crippen LogP contribution in [0.25, 0.3) is 0 Å². The number of carbonyl (C=O) groups is 1. The average Bonchev–Trinajstić information content (AvgIpc) is 2.82. The summed E-state index contributed by atoms with van der Waals surface area (Å²) in [5.74, 6) is 0.352. The zero-order valence-electron chi connectivity index (χ0n) is 18.8. The van der Waals surface area contributed by atoms with Gasteiger partial charge in [0, 0.05) is 43.7 Å². The summed E-state index contributed by atoms with van der Waals surface area (Å²) in [7, 11) is 0. The third-order valence-electron chi connectivity index (χ3n) is 5.96. The molecule has 0 spiro atoms. The van der Waals surface area contributed by atoms with Crippen LogP contribution in [0.15, 0.2) is 40.2 Å². The van der Waals surface area contributed by atoms with E-state index in [0.29, 0.717) is 11.6 Å². The van der Waals surface area contributed by atoms with Gasteiger partial charge in [-0.3, -0.25) is 9.59 Å². The summed E-state index contributed by atoms with van der Waals surface area (Å²) in [6.45, 7) is 5.48. The van der Waals surface area contributed by atoms with E-state index in [1.807, 2.05) is 24.3 Å². The molecule has 33 heavy (non-hydrogen) atoms. The van der Waals surface area contributed by atoms with Gasteiger partial charge in [-0.2, -0.15) is 5.10 Å². The van der Waals surface area contributed by atoms with Crippen molar-refractivity contribution in [2.75, 3.05) is 43.5 Å². The Bertz CT molecular complexity index is 1000. The van der Waals surface area contributed by atoms with Crippen molar-refractivity contribution in [1.29, 1.82) is 0 Å². The fraction of sp³-hybridized carbons (Fsp3) is 0.522. The minimum Gasteiger partial charge on any atom is -0.382 e. The lowest BCUT2D eigenvalue weighted by molar-refractivity contribution is -0.114. The number of amides is 1. The molecule has 0 radical (unpaired) electrons. The number of anilines is 2. The molecule has 2 aliphatic heterocycles. The SMILES string of the molecule is CC(=O)Nc1ccc(SN2CCC(n3ncc(NCC4CCCOC4)c(Cl)c3=O)CC2)cc1. The molecule has 3 heterocycles. The monoisotopic (exact) mass is 491 g/mol. The Hall–Kier alpha value is -2.07. The first-order chi connectivity index (χ1) is 16.0. The quantitative estimate of drug-likeness (QED) is 0.565. The number of aromatic nitrogens is 2. The zero-order chi connectivity index (χ0) is 23.2. The van der Waals surface area contributed by atoms with Crippen LogP contribution < -0.4 is 16.2 Å². The van der Waals surface area contributed by atoms with Crippen LogP contribution in [0.4, 0.5) is 11.4 Å². The fourth-order valence-corrected chi connectivity index (χ4v) is 5.33. The highest BCUT2D eigenvalue weighted by Gasteiger charge is 2.24. The lowest BCUT2D eigenvalue weighted by atomic mass is 10.0. The Morgan fingerprint density at radius 3 is 2.67 bits per heavy atom. The van der Waals surface area contributed by atoms with Crippen molar-refractivity contribution in [3.05, 3.63) is 45.8 Å². The maximum Gasteiger partial charge on any atom is 0.287 e. The van der Waals surface area contributed by atoms with Crippen LogP contribution in [0.2, 0.25) is 5.02 Å². The summed E-state index contributed by atoms with van der Waals surface area (Å²) < 4.78 is 9.35. The predicted octanol–water partition coefficient (Wildman–Crippen LogP) is 4.04. The molecule has 0 saturated carbocycles. The van der Waals surface area contributed by atoms with Gasteiger partial charge in [0.2, 0.25) is 5.91 Å². The highest BCUT2D eigenvalue weighted by Crippen LogP contribution is 2.31. The van der Waals surface area contributed by atoms with Gasteiger partial charge >= 0.3 is 0 Å². The first-order valence-electron chi connectivity index (χ1n) is 11.4. The Morgan fingerprint density at radius 1 is 1.24 bits per heavy atom. The van der Waals surface area contributed by atoms with Crippen LogP contribution in [-0.4, -0.2) is 52.8 Å². The van der Waals surface area contributed by atoms with E-state index in [2.05, 4.69) is 20.0 Å². The second kappa shape index (κ2) is 11.4. The fourth-order valence-electron chi connectivity index (χ4n) is 4.18. The summed E-state index contributed by atoms with van der Waals surface area (Å²) in [5, 5.41) is 10.7. The van der Waals surface area contributed by atoms with Gasteiger partial charge in [-0.25, -0.2) is 8.99 Å². The first kappa shape index (κ1) is 24.1. The summed E-state index contributed by atoms with van der Waals surface area (Å²) >= 11 is 8.09. The van der Waals surface area contributed by atoms with Crippen LogP contribution >= 0.6 is 23.5 Å². The molecule has 1 aromatic heterocycles. The molecular weight excluding hydrogens is 462 g/mol. The molecular formula is C23H30ClN5O3S. The Kier molecular flexibility index (Phi) is 8.29. The molecule has 0 bridgehead atoms. The molecule has 2 fully saturated rings. The number of benzene rings is 1. The van der Waals surface area contributed by atoms with Crippen LogP contribution in [0.1, 0.15) is 38.6 Å². The topological polar surface area (TPSA) is 88.5 Å². The second-order valence-electron chi connectivity index (χ2n) is 8.54. The molecule has 1 atom stereocenters. The third-order valence-corrected chi connectivity index (χ3v) is 7.43.